The van der Waals surface area contributed by atoms with E-state index < -0.39 is 8.32 Å². The number of methoxy groups -OCH3 is 1. The van der Waals surface area contributed by atoms with E-state index in [0.29, 0.717) is 13.2 Å². The molecular formula is C24H33N3O2Si. The zero-order chi connectivity index (χ0) is 21.6. The Morgan fingerprint density at radius 2 is 1.53 bits per heavy atom. The highest BCUT2D eigenvalue weighted by Crippen LogP contribution is 2.36. The van der Waals surface area contributed by atoms with Crippen LogP contribution in [0.4, 0.5) is 0 Å². The van der Waals surface area contributed by atoms with Gasteiger partial charge in [0.2, 0.25) is 0 Å². The summed E-state index contributed by atoms with van der Waals surface area (Å²) in [5.41, 5.74) is 6.49. The van der Waals surface area contributed by atoms with Crippen LogP contribution in [-0.2, 0) is 15.7 Å². The summed E-state index contributed by atoms with van der Waals surface area (Å²) >= 11 is 0. The predicted molar refractivity (Wildman–Crippen MR) is 125 cm³/mol. The lowest BCUT2D eigenvalue weighted by atomic mass is 10.2. The van der Waals surface area contributed by atoms with Gasteiger partial charge in [-0.1, -0.05) is 81.4 Å². The maximum absolute atomic E-state index is 6.96. The van der Waals surface area contributed by atoms with E-state index in [4.69, 9.17) is 14.9 Å². The van der Waals surface area contributed by atoms with Crippen LogP contribution in [0.3, 0.4) is 0 Å². The molecule has 0 aliphatic heterocycles. The van der Waals surface area contributed by atoms with Crippen molar-refractivity contribution in [2.45, 2.75) is 44.5 Å². The van der Waals surface area contributed by atoms with Crippen molar-refractivity contribution in [3.63, 3.8) is 0 Å². The fraction of sp³-hybridized carbons (Fsp3) is 0.375. The molecular weight excluding hydrogens is 390 g/mol. The van der Waals surface area contributed by atoms with E-state index in [0.717, 1.165) is 0 Å². The van der Waals surface area contributed by atoms with Crippen molar-refractivity contribution in [2.24, 2.45) is 5.73 Å². The van der Waals surface area contributed by atoms with Crippen LogP contribution in [0.5, 0.6) is 0 Å². The van der Waals surface area contributed by atoms with Gasteiger partial charge in [-0.05, 0) is 21.5 Å². The van der Waals surface area contributed by atoms with Gasteiger partial charge in [-0.25, -0.2) is 0 Å². The van der Waals surface area contributed by atoms with E-state index in [1.807, 2.05) is 29.1 Å². The summed E-state index contributed by atoms with van der Waals surface area (Å²) in [6.45, 7) is 7.81. The normalized spacial score (nSPS) is 14.4. The largest absolute Gasteiger partial charge is 0.405 e. The minimum Gasteiger partial charge on any atom is -0.405 e. The van der Waals surface area contributed by atoms with E-state index in [9.17, 15) is 0 Å². The van der Waals surface area contributed by atoms with Gasteiger partial charge in [-0.2, -0.15) is 5.10 Å². The fourth-order valence-corrected chi connectivity index (χ4v) is 8.65. The van der Waals surface area contributed by atoms with Gasteiger partial charge < -0.3 is 14.9 Å². The molecule has 160 valence electrons. The monoisotopic (exact) mass is 423 g/mol. The molecule has 0 fully saturated rings. The third-order valence-corrected chi connectivity index (χ3v) is 10.6. The SMILES string of the molecule is CO[C@H](CO[Si](c1ccccc1)(c1ccccc1)C(C)(C)C)[C@H](N)Cn1cccn1. The predicted octanol–water partition coefficient (Wildman–Crippen LogP) is 2.80. The number of nitrogens with zero attached hydrogens (tertiary/aromatic N) is 2. The van der Waals surface area contributed by atoms with Crippen LogP contribution in [0.2, 0.25) is 5.04 Å². The Kier molecular flexibility index (Phi) is 7.26. The highest BCUT2D eigenvalue weighted by molar-refractivity contribution is 6.99. The van der Waals surface area contributed by atoms with E-state index in [-0.39, 0.29) is 17.2 Å². The highest BCUT2D eigenvalue weighted by Gasteiger charge is 2.50. The van der Waals surface area contributed by atoms with Crippen molar-refractivity contribution < 1.29 is 9.16 Å². The van der Waals surface area contributed by atoms with Gasteiger partial charge in [0, 0.05) is 19.5 Å². The number of benzene rings is 2. The topological polar surface area (TPSA) is 62.3 Å². The third-order valence-electron chi connectivity index (χ3n) is 5.62. The Balaban J connectivity index is 1.94. The van der Waals surface area contributed by atoms with Gasteiger partial charge in [-0.3, -0.25) is 4.68 Å². The molecule has 2 aromatic carbocycles. The van der Waals surface area contributed by atoms with Crippen molar-refractivity contribution in [3.8, 4) is 0 Å². The number of hydrogen-bond donors (Lipinski definition) is 1. The van der Waals surface area contributed by atoms with Gasteiger partial charge in [0.1, 0.15) is 0 Å². The molecule has 6 heteroatoms. The maximum Gasteiger partial charge on any atom is 0.261 e. The first kappa shape index (κ1) is 22.4. The molecule has 0 spiro atoms. The molecule has 0 aliphatic carbocycles. The Hall–Kier alpha value is -2.25. The van der Waals surface area contributed by atoms with E-state index in [1.165, 1.54) is 10.4 Å². The minimum absolute atomic E-state index is 0.0833. The number of aromatic nitrogens is 2. The average molecular weight is 424 g/mol. The van der Waals surface area contributed by atoms with Gasteiger partial charge in [-0.15, -0.1) is 0 Å². The zero-order valence-corrected chi connectivity index (χ0v) is 19.4. The summed E-state index contributed by atoms with van der Waals surface area (Å²) < 4.78 is 14.6. The molecule has 5 nitrogen and oxygen atoms in total. The van der Waals surface area contributed by atoms with Gasteiger partial charge in [0.15, 0.2) is 0 Å². The first-order valence-electron chi connectivity index (χ1n) is 10.4. The summed E-state index contributed by atoms with van der Waals surface area (Å²) in [5.74, 6) is 0. The Bertz CT molecular complexity index is 840. The van der Waals surface area contributed by atoms with Gasteiger partial charge in [0.05, 0.1) is 25.3 Å². The van der Waals surface area contributed by atoms with Crippen LogP contribution in [0.1, 0.15) is 20.8 Å². The first-order chi connectivity index (χ1) is 14.4. The van der Waals surface area contributed by atoms with E-state index in [1.54, 1.807) is 13.3 Å². The number of hydrogen-bond acceptors (Lipinski definition) is 4. The number of rotatable bonds is 9. The molecule has 0 radical (unpaired) electrons. The average Bonchev–Trinajstić information content (AvgIpc) is 3.24. The second kappa shape index (κ2) is 9.70. The molecule has 30 heavy (non-hydrogen) atoms. The molecule has 0 amide bonds. The number of nitrogens with two attached hydrogens (primary N) is 1. The highest BCUT2D eigenvalue weighted by atomic mass is 28.4. The molecule has 1 aromatic heterocycles. The third kappa shape index (κ3) is 4.73. The van der Waals surface area contributed by atoms with Crippen LogP contribution < -0.4 is 16.1 Å². The molecule has 2 N–H and O–H groups in total. The van der Waals surface area contributed by atoms with Crippen molar-refractivity contribution in [2.75, 3.05) is 13.7 Å². The molecule has 0 saturated heterocycles. The van der Waals surface area contributed by atoms with Crippen molar-refractivity contribution in [1.82, 2.24) is 9.78 Å². The Morgan fingerprint density at radius 1 is 0.967 bits per heavy atom. The van der Waals surface area contributed by atoms with Crippen LogP contribution >= 0.6 is 0 Å². The Morgan fingerprint density at radius 3 is 1.97 bits per heavy atom. The minimum atomic E-state index is -2.61. The van der Waals surface area contributed by atoms with Crippen molar-refractivity contribution in [3.05, 3.63) is 79.1 Å². The fourth-order valence-electron chi connectivity index (χ4n) is 4.08. The van der Waals surface area contributed by atoms with Gasteiger partial charge >= 0.3 is 0 Å². The van der Waals surface area contributed by atoms with Crippen LogP contribution in [0.25, 0.3) is 0 Å². The molecule has 0 unspecified atom stereocenters. The second-order valence-corrected chi connectivity index (χ2v) is 12.9. The summed E-state index contributed by atoms with van der Waals surface area (Å²) in [7, 11) is -0.914. The first-order valence-corrected chi connectivity index (χ1v) is 12.3. The lowest BCUT2D eigenvalue weighted by Crippen LogP contribution is -2.67. The molecule has 3 aromatic rings. The molecule has 1 heterocycles. The summed E-state index contributed by atoms with van der Waals surface area (Å²) in [6.07, 6.45) is 3.43. The van der Waals surface area contributed by atoms with Gasteiger partial charge in [0.25, 0.3) is 8.32 Å². The lowest BCUT2D eigenvalue weighted by molar-refractivity contribution is 0.0317. The molecule has 0 aliphatic rings. The standard InChI is InChI=1S/C24H33N3O2Si/c1-24(2,3)30(20-12-7-5-8-13-20,21-14-9-6-10-15-21)29-19-23(28-4)22(25)18-27-17-11-16-26-27/h5-17,22-23H,18-19,25H2,1-4H3/t22-,23-/m1/s1. The molecule has 0 bridgehead atoms. The van der Waals surface area contributed by atoms with Crippen molar-refractivity contribution in [1.29, 1.82) is 0 Å². The lowest BCUT2D eigenvalue weighted by Gasteiger charge is -2.44. The molecule has 3 rings (SSSR count). The van der Waals surface area contributed by atoms with E-state index in [2.05, 4.69) is 74.4 Å². The van der Waals surface area contributed by atoms with Crippen molar-refractivity contribution >= 4 is 18.7 Å². The quantitative estimate of drug-likeness (QED) is 0.538. The molecule has 0 saturated carbocycles. The summed E-state index contributed by atoms with van der Waals surface area (Å²) in [4.78, 5) is 0. The Labute approximate surface area is 181 Å². The molecule has 2 atom stereocenters. The van der Waals surface area contributed by atoms with Crippen LogP contribution in [0, 0.1) is 0 Å². The van der Waals surface area contributed by atoms with E-state index >= 15 is 0 Å². The van der Waals surface area contributed by atoms with Crippen LogP contribution in [-0.4, -0.2) is 44.0 Å². The second-order valence-electron chi connectivity index (χ2n) is 8.64. The summed E-state index contributed by atoms with van der Waals surface area (Å²) in [6, 6.07) is 22.9. The maximum atomic E-state index is 6.96. The smallest absolute Gasteiger partial charge is 0.261 e. The van der Waals surface area contributed by atoms with Crippen LogP contribution in [0.15, 0.2) is 79.1 Å². The zero-order valence-electron chi connectivity index (χ0n) is 18.4. The number of ether oxygens (including phenoxy) is 1. The summed E-state index contributed by atoms with van der Waals surface area (Å²) in [5, 5.41) is 6.68.